The predicted octanol–water partition coefficient (Wildman–Crippen LogP) is 3.88. The number of methoxy groups -OCH3 is 1. The van der Waals surface area contributed by atoms with Crippen LogP contribution in [0.5, 0.6) is 11.5 Å². The van der Waals surface area contributed by atoms with Gasteiger partial charge in [-0.2, -0.15) is 0 Å². The molecule has 3 aromatic rings. The van der Waals surface area contributed by atoms with E-state index in [4.69, 9.17) is 9.47 Å². The van der Waals surface area contributed by atoms with E-state index in [9.17, 15) is 0 Å². The summed E-state index contributed by atoms with van der Waals surface area (Å²) in [4.78, 5) is 5.48. The molecule has 0 aliphatic heterocycles. The van der Waals surface area contributed by atoms with Gasteiger partial charge in [-0.05, 0) is 6.07 Å². The number of alkyl halides is 1. The first-order valence-electron chi connectivity index (χ1n) is 6.07. The summed E-state index contributed by atoms with van der Waals surface area (Å²) in [5.41, 5.74) is 1.97. The van der Waals surface area contributed by atoms with Crippen LogP contribution in [-0.4, -0.2) is 16.5 Å². The maximum Gasteiger partial charge on any atom is 0.193 e. The van der Waals surface area contributed by atoms with Crippen molar-refractivity contribution in [2.45, 2.75) is 11.9 Å². The zero-order valence-electron chi connectivity index (χ0n) is 10.9. The molecule has 0 spiro atoms. The number of thiazole rings is 1. The standard InChI is InChI=1S/C14H13BrN2O2S/c1-18-12-4-2-3-10(7-15)13(12)19-9-11-8-17-5-6-20-14(17)16-11/h2-6,8H,7,9H2,1H3. The Bertz CT molecular complexity index is 672. The first kappa shape index (κ1) is 13.5. The van der Waals surface area contributed by atoms with Crippen LogP contribution in [0.25, 0.3) is 4.96 Å². The van der Waals surface area contributed by atoms with Crippen LogP contribution in [0.3, 0.4) is 0 Å². The first-order valence-corrected chi connectivity index (χ1v) is 8.07. The van der Waals surface area contributed by atoms with Gasteiger partial charge < -0.3 is 9.47 Å². The fourth-order valence-electron chi connectivity index (χ4n) is 1.98. The number of nitrogens with zero attached hydrogens (tertiary/aromatic N) is 2. The number of aromatic nitrogens is 2. The zero-order chi connectivity index (χ0) is 13.9. The number of benzene rings is 1. The van der Waals surface area contributed by atoms with Crippen molar-refractivity contribution < 1.29 is 9.47 Å². The van der Waals surface area contributed by atoms with Crippen molar-refractivity contribution in [3.63, 3.8) is 0 Å². The van der Waals surface area contributed by atoms with Crippen LogP contribution in [0.1, 0.15) is 11.3 Å². The van der Waals surface area contributed by atoms with Crippen molar-refractivity contribution in [3.05, 3.63) is 47.2 Å². The van der Waals surface area contributed by atoms with Crippen molar-refractivity contribution in [1.29, 1.82) is 0 Å². The number of rotatable bonds is 5. The van der Waals surface area contributed by atoms with Crippen molar-refractivity contribution in [2.75, 3.05) is 7.11 Å². The molecule has 0 fully saturated rings. The minimum Gasteiger partial charge on any atom is -0.493 e. The molecule has 0 saturated heterocycles. The monoisotopic (exact) mass is 352 g/mol. The lowest BCUT2D eigenvalue weighted by atomic mass is 10.2. The van der Waals surface area contributed by atoms with Gasteiger partial charge >= 0.3 is 0 Å². The molecule has 0 amide bonds. The lowest BCUT2D eigenvalue weighted by molar-refractivity contribution is 0.279. The summed E-state index contributed by atoms with van der Waals surface area (Å²) < 4.78 is 13.3. The Hall–Kier alpha value is -1.53. The van der Waals surface area contributed by atoms with Gasteiger partial charge in [0.25, 0.3) is 0 Å². The third-order valence-electron chi connectivity index (χ3n) is 2.93. The van der Waals surface area contributed by atoms with Gasteiger partial charge in [0.05, 0.1) is 12.8 Å². The highest BCUT2D eigenvalue weighted by atomic mass is 79.9. The molecule has 104 valence electrons. The second-order valence-corrected chi connectivity index (χ2v) is 5.63. The minimum atomic E-state index is 0.425. The third kappa shape index (κ3) is 2.53. The van der Waals surface area contributed by atoms with Crippen LogP contribution < -0.4 is 9.47 Å². The Balaban J connectivity index is 1.82. The predicted molar refractivity (Wildman–Crippen MR) is 83.0 cm³/mol. The second-order valence-electron chi connectivity index (χ2n) is 4.20. The van der Waals surface area contributed by atoms with E-state index in [0.717, 1.165) is 33.0 Å². The Morgan fingerprint density at radius 3 is 3.05 bits per heavy atom. The van der Waals surface area contributed by atoms with E-state index in [1.54, 1.807) is 18.4 Å². The van der Waals surface area contributed by atoms with Gasteiger partial charge in [-0.3, -0.25) is 4.40 Å². The smallest absolute Gasteiger partial charge is 0.193 e. The summed E-state index contributed by atoms with van der Waals surface area (Å²) in [7, 11) is 1.65. The van der Waals surface area contributed by atoms with Gasteiger partial charge in [-0.1, -0.05) is 28.1 Å². The van der Waals surface area contributed by atoms with E-state index in [1.165, 1.54) is 0 Å². The molecule has 2 heterocycles. The lowest BCUT2D eigenvalue weighted by Crippen LogP contribution is -2.00. The van der Waals surface area contributed by atoms with E-state index in [0.29, 0.717) is 6.61 Å². The molecule has 1 aromatic carbocycles. The van der Waals surface area contributed by atoms with Crippen LogP contribution in [0.4, 0.5) is 0 Å². The SMILES string of the molecule is COc1cccc(CBr)c1OCc1cn2ccsc2n1. The lowest BCUT2D eigenvalue weighted by Gasteiger charge is -2.13. The molecule has 0 bridgehead atoms. The highest BCUT2D eigenvalue weighted by Crippen LogP contribution is 2.33. The second kappa shape index (κ2) is 5.85. The van der Waals surface area contributed by atoms with Crippen molar-refractivity contribution >= 4 is 32.2 Å². The maximum absolute atomic E-state index is 5.91. The minimum absolute atomic E-state index is 0.425. The van der Waals surface area contributed by atoms with Crippen molar-refractivity contribution in [1.82, 2.24) is 9.38 Å². The van der Waals surface area contributed by atoms with Gasteiger partial charge in [-0.15, -0.1) is 11.3 Å². The molecule has 20 heavy (non-hydrogen) atoms. The first-order chi connectivity index (χ1) is 9.81. The highest BCUT2D eigenvalue weighted by molar-refractivity contribution is 9.08. The summed E-state index contributed by atoms with van der Waals surface area (Å²) in [6, 6.07) is 5.86. The van der Waals surface area contributed by atoms with Gasteiger partial charge in [-0.25, -0.2) is 4.98 Å². The maximum atomic E-state index is 5.91. The molecular formula is C14H13BrN2O2S. The molecule has 0 atom stereocenters. The molecule has 6 heteroatoms. The number of imidazole rings is 1. The number of para-hydroxylation sites is 1. The number of hydrogen-bond acceptors (Lipinski definition) is 4. The number of fused-ring (bicyclic) bond motifs is 1. The molecule has 0 aliphatic carbocycles. The van der Waals surface area contributed by atoms with E-state index in [2.05, 4.69) is 20.9 Å². The molecule has 0 aliphatic rings. The fourth-order valence-corrected chi connectivity index (χ4v) is 3.14. The Morgan fingerprint density at radius 1 is 1.40 bits per heavy atom. The van der Waals surface area contributed by atoms with E-state index in [-0.39, 0.29) is 0 Å². The van der Waals surface area contributed by atoms with Gasteiger partial charge in [0.2, 0.25) is 0 Å². The van der Waals surface area contributed by atoms with E-state index >= 15 is 0 Å². The van der Waals surface area contributed by atoms with Gasteiger partial charge in [0, 0.05) is 28.7 Å². The molecule has 4 nitrogen and oxygen atoms in total. The zero-order valence-corrected chi connectivity index (χ0v) is 13.3. The van der Waals surface area contributed by atoms with Crippen molar-refractivity contribution in [2.24, 2.45) is 0 Å². The molecule has 0 radical (unpaired) electrons. The largest absolute Gasteiger partial charge is 0.493 e. The molecular weight excluding hydrogens is 340 g/mol. The number of hydrogen-bond donors (Lipinski definition) is 0. The van der Waals surface area contributed by atoms with Crippen LogP contribution >= 0.6 is 27.3 Å². The van der Waals surface area contributed by atoms with Crippen LogP contribution in [0.15, 0.2) is 36.0 Å². The normalized spacial score (nSPS) is 10.9. The molecule has 3 rings (SSSR count). The summed E-state index contributed by atoms with van der Waals surface area (Å²) in [5.74, 6) is 1.51. The van der Waals surface area contributed by atoms with Gasteiger partial charge in [0.1, 0.15) is 6.61 Å². The van der Waals surface area contributed by atoms with Crippen LogP contribution in [0, 0.1) is 0 Å². The summed E-state index contributed by atoms with van der Waals surface area (Å²) in [6.45, 7) is 0.425. The Labute approximate surface area is 129 Å². The Morgan fingerprint density at radius 2 is 2.30 bits per heavy atom. The molecule has 0 N–H and O–H groups in total. The fraction of sp³-hybridized carbons (Fsp3) is 0.214. The molecule has 0 unspecified atom stereocenters. The van der Waals surface area contributed by atoms with E-state index in [1.807, 2.05) is 40.4 Å². The topological polar surface area (TPSA) is 35.8 Å². The van der Waals surface area contributed by atoms with Crippen LogP contribution in [-0.2, 0) is 11.9 Å². The quantitative estimate of drug-likeness (QED) is 0.653. The van der Waals surface area contributed by atoms with Crippen LogP contribution in [0.2, 0.25) is 0 Å². The molecule has 0 saturated carbocycles. The summed E-state index contributed by atoms with van der Waals surface area (Å²) in [5, 5.41) is 2.73. The molecule has 2 aromatic heterocycles. The van der Waals surface area contributed by atoms with Gasteiger partial charge in [0.15, 0.2) is 16.5 Å². The number of halogens is 1. The third-order valence-corrected chi connectivity index (χ3v) is 4.31. The summed E-state index contributed by atoms with van der Waals surface area (Å²) in [6.07, 6.45) is 3.97. The average molecular weight is 353 g/mol. The average Bonchev–Trinajstić information content (AvgIpc) is 3.05. The summed E-state index contributed by atoms with van der Waals surface area (Å²) >= 11 is 5.08. The number of ether oxygens (including phenoxy) is 2. The van der Waals surface area contributed by atoms with Crippen molar-refractivity contribution in [3.8, 4) is 11.5 Å². The Kier molecular flexibility index (Phi) is 3.93. The van der Waals surface area contributed by atoms with E-state index < -0.39 is 0 Å². The highest BCUT2D eigenvalue weighted by Gasteiger charge is 2.11.